The van der Waals surface area contributed by atoms with Gasteiger partial charge in [-0.1, -0.05) is 18.9 Å². The molecule has 1 saturated heterocycles. The minimum Gasteiger partial charge on any atom is -0.378 e. The Morgan fingerprint density at radius 3 is 2.52 bits per heavy atom. The highest BCUT2D eigenvalue weighted by molar-refractivity contribution is 5.53. The molecule has 9 heteroatoms. The number of rotatable bonds is 5. The first kappa shape index (κ1) is 16.9. The Bertz CT molecular complexity index is 728. The molecule has 0 spiro atoms. The van der Waals surface area contributed by atoms with E-state index in [2.05, 4.69) is 25.2 Å². The summed E-state index contributed by atoms with van der Waals surface area (Å²) in [6.45, 7) is 2.57. The molecule has 3 N–H and O–H groups in total. The van der Waals surface area contributed by atoms with Gasteiger partial charge in [-0.15, -0.1) is 0 Å². The van der Waals surface area contributed by atoms with E-state index in [0.29, 0.717) is 6.54 Å². The van der Waals surface area contributed by atoms with E-state index in [9.17, 15) is 10.1 Å². The molecule has 3 heterocycles. The molecule has 1 aliphatic rings. The van der Waals surface area contributed by atoms with Gasteiger partial charge in [0.05, 0.1) is 4.92 Å². The molecule has 1 aliphatic heterocycles. The highest BCUT2D eigenvalue weighted by Gasteiger charge is 2.14. The monoisotopic (exact) mass is 343 g/mol. The lowest BCUT2D eigenvalue weighted by Gasteiger charge is -2.21. The Morgan fingerprint density at radius 2 is 1.92 bits per heavy atom. The quantitative estimate of drug-likeness (QED) is 0.626. The van der Waals surface area contributed by atoms with Gasteiger partial charge in [0.25, 0.3) is 0 Å². The summed E-state index contributed by atoms with van der Waals surface area (Å²) in [5.74, 6) is 1.10. The highest BCUT2D eigenvalue weighted by atomic mass is 16.6. The smallest absolute Gasteiger partial charge is 0.329 e. The second kappa shape index (κ2) is 7.73. The van der Waals surface area contributed by atoms with E-state index in [4.69, 9.17) is 5.73 Å². The SMILES string of the molecule is Nc1nc(NCc2ccc(N3CCCCCC3)nc2)ncc1[N+](=O)[O-]. The molecule has 2 aromatic rings. The summed E-state index contributed by atoms with van der Waals surface area (Å²) in [6.07, 6.45) is 7.93. The van der Waals surface area contributed by atoms with Crippen LogP contribution in [0.1, 0.15) is 31.2 Å². The van der Waals surface area contributed by atoms with Crippen molar-refractivity contribution >= 4 is 23.3 Å². The van der Waals surface area contributed by atoms with Gasteiger partial charge < -0.3 is 16.0 Å². The normalized spacial score (nSPS) is 14.8. The first-order valence-electron chi connectivity index (χ1n) is 8.34. The maximum absolute atomic E-state index is 10.7. The van der Waals surface area contributed by atoms with Crippen molar-refractivity contribution < 1.29 is 4.92 Å². The Kier molecular flexibility index (Phi) is 5.22. The molecule has 2 aromatic heterocycles. The van der Waals surface area contributed by atoms with E-state index < -0.39 is 4.92 Å². The third kappa shape index (κ3) is 4.31. The van der Waals surface area contributed by atoms with Crippen molar-refractivity contribution in [3.8, 4) is 0 Å². The molecule has 0 bridgehead atoms. The number of anilines is 3. The standard InChI is InChI=1S/C16H21N7O2/c17-15-13(23(24)25)11-20-16(21-15)19-10-12-5-6-14(18-9-12)22-7-3-1-2-4-8-22/h5-6,9,11H,1-4,7-8,10H2,(H3,17,19,20,21). The van der Waals surface area contributed by atoms with Crippen molar-refractivity contribution in [1.29, 1.82) is 0 Å². The van der Waals surface area contributed by atoms with Crippen molar-refractivity contribution in [2.24, 2.45) is 0 Å². The summed E-state index contributed by atoms with van der Waals surface area (Å²) in [6, 6.07) is 4.03. The number of nitrogen functional groups attached to an aromatic ring is 1. The van der Waals surface area contributed by atoms with Crippen molar-refractivity contribution in [2.75, 3.05) is 29.0 Å². The van der Waals surface area contributed by atoms with Crippen LogP contribution in [0.5, 0.6) is 0 Å². The Morgan fingerprint density at radius 1 is 1.16 bits per heavy atom. The average Bonchev–Trinajstić information content (AvgIpc) is 2.89. The molecule has 1 fully saturated rings. The van der Waals surface area contributed by atoms with E-state index >= 15 is 0 Å². The Hall–Kier alpha value is -2.97. The number of nitrogens with one attached hydrogen (secondary N) is 1. The zero-order valence-electron chi connectivity index (χ0n) is 13.9. The summed E-state index contributed by atoms with van der Waals surface area (Å²) < 4.78 is 0. The second-order valence-electron chi connectivity index (χ2n) is 6.00. The summed E-state index contributed by atoms with van der Waals surface area (Å²) >= 11 is 0. The molecule has 0 saturated carbocycles. The lowest BCUT2D eigenvalue weighted by molar-refractivity contribution is -0.384. The Balaban J connectivity index is 1.60. The molecule has 3 rings (SSSR count). The van der Waals surface area contributed by atoms with Crippen molar-refractivity contribution in [2.45, 2.75) is 32.2 Å². The summed E-state index contributed by atoms with van der Waals surface area (Å²) in [4.78, 5) is 24.8. The van der Waals surface area contributed by atoms with Crippen LogP contribution in [0.15, 0.2) is 24.5 Å². The van der Waals surface area contributed by atoms with Crippen molar-refractivity contribution in [3.05, 3.63) is 40.2 Å². The van der Waals surface area contributed by atoms with Crippen LogP contribution in [0.3, 0.4) is 0 Å². The number of nitro groups is 1. The van der Waals surface area contributed by atoms with E-state index in [-0.39, 0.29) is 17.5 Å². The summed E-state index contributed by atoms with van der Waals surface area (Å²) in [7, 11) is 0. The van der Waals surface area contributed by atoms with E-state index in [1.807, 2.05) is 18.3 Å². The highest BCUT2D eigenvalue weighted by Crippen LogP contribution is 2.19. The minimum atomic E-state index is -0.607. The first-order valence-corrected chi connectivity index (χ1v) is 8.34. The van der Waals surface area contributed by atoms with E-state index in [1.54, 1.807) is 0 Å². The van der Waals surface area contributed by atoms with Gasteiger partial charge in [0, 0.05) is 25.8 Å². The van der Waals surface area contributed by atoms with Crippen LogP contribution in [-0.2, 0) is 6.54 Å². The van der Waals surface area contributed by atoms with Crippen LogP contribution in [0, 0.1) is 10.1 Å². The number of nitrogens with two attached hydrogens (primary N) is 1. The topological polar surface area (TPSA) is 123 Å². The lowest BCUT2D eigenvalue weighted by Crippen LogP contribution is -2.24. The van der Waals surface area contributed by atoms with Crippen LogP contribution in [0.2, 0.25) is 0 Å². The van der Waals surface area contributed by atoms with Crippen molar-refractivity contribution in [3.63, 3.8) is 0 Å². The summed E-state index contributed by atoms with van der Waals surface area (Å²) in [5, 5.41) is 13.7. The van der Waals surface area contributed by atoms with Crippen molar-refractivity contribution in [1.82, 2.24) is 15.0 Å². The maximum Gasteiger partial charge on any atom is 0.329 e. The first-order chi connectivity index (χ1) is 12.1. The molecule has 132 valence electrons. The molecule has 0 aliphatic carbocycles. The fourth-order valence-electron chi connectivity index (χ4n) is 2.80. The average molecular weight is 343 g/mol. The Labute approximate surface area is 145 Å². The van der Waals surface area contributed by atoms with Gasteiger partial charge in [-0.2, -0.15) is 4.98 Å². The van der Waals surface area contributed by atoms with Crippen LogP contribution in [0.25, 0.3) is 0 Å². The fourth-order valence-corrected chi connectivity index (χ4v) is 2.80. The predicted octanol–water partition coefficient (Wildman–Crippen LogP) is 2.35. The van der Waals surface area contributed by atoms with Gasteiger partial charge in [-0.05, 0) is 24.5 Å². The second-order valence-corrected chi connectivity index (χ2v) is 6.00. The van der Waals surface area contributed by atoms with Crippen LogP contribution in [0.4, 0.5) is 23.3 Å². The van der Waals surface area contributed by atoms with Crippen LogP contribution in [-0.4, -0.2) is 33.0 Å². The molecule has 25 heavy (non-hydrogen) atoms. The van der Waals surface area contributed by atoms with E-state index in [0.717, 1.165) is 30.7 Å². The van der Waals surface area contributed by atoms with Gasteiger partial charge in [0.15, 0.2) is 0 Å². The fraction of sp³-hybridized carbons (Fsp3) is 0.438. The zero-order chi connectivity index (χ0) is 17.6. The molecule has 0 aromatic carbocycles. The molecule has 9 nitrogen and oxygen atoms in total. The van der Waals surface area contributed by atoms with E-state index in [1.165, 1.54) is 25.7 Å². The summed E-state index contributed by atoms with van der Waals surface area (Å²) in [5.41, 5.74) is 6.23. The third-order valence-corrected chi connectivity index (χ3v) is 4.18. The van der Waals surface area contributed by atoms with Gasteiger partial charge >= 0.3 is 5.69 Å². The minimum absolute atomic E-state index is 0.155. The molecular formula is C16H21N7O2. The van der Waals surface area contributed by atoms with Crippen LogP contribution < -0.4 is 16.0 Å². The van der Waals surface area contributed by atoms with Gasteiger partial charge in [0.2, 0.25) is 11.8 Å². The molecule has 0 radical (unpaired) electrons. The number of aromatic nitrogens is 3. The maximum atomic E-state index is 10.7. The largest absolute Gasteiger partial charge is 0.378 e. The zero-order valence-corrected chi connectivity index (χ0v) is 13.9. The van der Waals surface area contributed by atoms with Gasteiger partial charge in [-0.25, -0.2) is 9.97 Å². The third-order valence-electron chi connectivity index (χ3n) is 4.18. The van der Waals surface area contributed by atoms with Gasteiger partial charge in [-0.3, -0.25) is 10.1 Å². The number of pyridine rings is 1. The molecule has 0 amide bonds. The van der Waals surface area contributed by atoms with Gasteiger partial charge in [0.1, 0.15) is 12.0 Å². The lowest BCUT2D eigenvalue weighted by atomic mass is 10.2. The molecule has 0 unspecified atom stereocenters. The molecule has 0 atom stereocenters. The number of hydrogen-bond donors (Lipinski definition) is 2. The van der Waals surface area contributed by atoms with Crippen LogP contribution >= 0.6 is 0 Å². The molecular weight excluding hydrogens is 322 g/mol. The predicted molar refractivity (Wildman–Crippen MR) is 95.3 cm³/mol. The number of nitrogens with zero attached hydrogens (tertiary/aromatic N) is 5. The number of hydrogen-bond acceptors (Lipinski definition) is 8.